The number of carboxylic acids is 1. The molecule has 0 saturated heterocycles. The van der Waals surface area contributed by atoms with E-state index in [1.54, 1.807) is 31.2 Å². The highest BCUT2D eigenvalue weighted by Crippen LogP contribution is 2.16. The number of nitrogens with one attached hydrogen (secondary N) is 2. The molecular weight excluding hydrogens is 334 g/mol. The number of carbonyl (C=O) groups excluding carboxylic acids is 1. The number of aromatic amines is 1. The lowest BCUT2D eigenvalue weighted by Gasteiger charge is -2.13. The maximum atomic E-state index is 12.1. The fourth-order valence-electron chi connectivity index (χ4n) is 2.09. The number of amides is 1. The Morgan fingerprint density at radius 3 is 2.54 bits per heavy atom. The van der Waals surface area contributed by atoms with Crippen LogP contribution in [0.25, 0.3) is 11.4 Å². The molecule has 1 amide bonds. The third-order valence-corrected chi connectivity index (χ3v) is 3.59. The van der Waals surface area contributed by atoms with Gasteiger partial charge in [-0.25, -0.2) is 9.78 Å². The zero-order valence-electron chi connectivity index (χ0n) is 12.9. The SMILES string of the molecule is CCCC(NC(=O)c1cnc(-c2ccc(Cl)cc2)[nH]c1=O)C(=O)O. The number of nitrogens with zero attached hydrogens (tertiary/aromatic N) is 1. The lowest BCUT2D eigenvalue weighted by Crippen LogP contribution is -2.42. The summed E-state index contributed by atoms with van der Waals surface area (Å²) in [6.07, 6.45) is 1.99. The van der Waals surface area contributed by atoms with E-state index in [4.69, 9.17) is 16.7 Å². The molecule has 126 valence electrons. The van der Waals surface area contributed by atoms with Crippen LogP contribution in [0.5, 0.6) is 0 Å². The summed E-state index contributed by atoms with van der Waals surface area (Å²) < 4.78 is 0. The molecule has 1 aromatic carbocycles. The maximum absolute atomic E-state index is 12.1. The minimum atomic E-state index is -1.15. The maximum Gasteiger partial charge on any atom is 0.326 e. The quantitative estimate of drug-likeness (QED) is 0.739. The summed E-state index contributed by atoms with van der Waals surface area (Å²) in [6, 6.07) is 5.63. The summed E-state index contributed by atoms with van der Waals surface area (Å²) >= 11 is 5.80. The predicted octanol–water partition coefficient (Wildman–Crippen LogP) is 2.07. The van der Waals surface area contributed by atoms with E-state index in [2.05, 4.69) is 15.3 Å². The first-order valence-electron chi connectivity index (χ1n) is 7.31. The van der Waals surface area contributed by atoms with Gasteiger partial charge in [-0.2, -0.15) is 0 Å². The van der Waals surface area contributed by atoms with E-state index in [1.807, 2.05) is 0 Å². The van der Waals surface area contributed by atoms with Gasteiger partial charge in [0.25, 0.3) is 11.5 Å². The molecule has 0 saturated carbocycles. The zero-order chi connectivity index (χ0) is 17.7. The Hall–Kier alpha value is -2.67. The topological polar surface area (TPSA) is 112 Å². The van der Waals surface area contributed by atoms with Crippen molar-refractivity contribution in [3.63, 3.8) is 0 Å². The van der Waals surface area contributed by atoms with Gasteiger partial charge in [0.1, 0.15) is 17.4 Å². The fourth-order valence-corrected chi connectivity index (χ4v) is 2.22. The van der Waals surface area contributed by atoms with Crippen LogP contribution in [0.4, 0.5) is 0 Å². The molecule has 8 heteroatoms. The minimum absolute atomic E-state index is 0.241. The van der Waals surface area contributed by atoms with E-state index < -0.39 is 23.5 Å². The van der Waals surface area contributed by atoms with Crippen molar-refractivity contribution < 1.29 is 14.7 Å². The van der Waals surface area contributed by atoms with Crippen molar-refractivity contribution in [3.8, 4) is 11.4 Å². The number of H-pyrrole nitrogens is 1. The van der Waals surface area contributed by atoms with Gasteiger partial charge < -0.3 is 15.4 Å². The second-order valence-corrected chi connectivity index (χ2v) is 5.57. The number of rotatable bonds is 6. The molecular formula is C16H16ClN3O4. The Balaban J connectivity index is 2.23. The molecule has 7 nitrogen and oxygen atoms in total. The van der Waals surface area contributed by atoms with E-state index >= 15 is 0 Å². The summed E-state index contributed by atoms with van der Waals surface area (Å²) in [4.78, 5) is 41.8. The van der Waals surface area contributed by atoms with Gasteiger partial charge in [0.2, 0.25) is 0 Å². The third kappa shape index (κ3) is 4.20. The van der Waals surface area contributed by atoms with Gasteiger partial charge in [0.05, 0.1) is 0 Å². The molecule has 1 atom stereocenters. The normalized spacial score (nSPS) is 11.8. The fraction of sp³-hybridized carbons (Fsp3) is 0.250. The molecule has 24 heavy (non-hydrogen) atoms. The van der Waals surface area contributed by atoms with Crippen LogP contribution in [0.2, 0.25) is 5.02 Å². The molecule has 0 spiro atoms. The van der Waals surface area contributed by atoms with Gasteiger partial charge in [-0.05, 0) is 30.7 Å². The summed E-state index contributed by atoms with van der Waals surface area (Å²) in [5, 5.41) is 11.9. The molecule has 0 aliphatic rings. The van der Waals surface area contributed by atoms with Crippen LogP contribution in [0.1, 0.15) is 30.1 Å². The van der Waals surface area contributed by atoms with Gasteiger partial charge >= 0.3 is 5.97 Å². The number of hydrogen-bond acceptors (Lipinski definition) is 4. The van der Waals surface area contributed by atoms with E-state index in [0.29, 0.717) is 17.0 Å². The van der Waals surface area contributed by atoms with Crippen LogP contribution >= 0.6 is 11.6 Å². The summed E-state index contributed by atoms with van der Waals surface area (Å²) in [5.74, 6) is -1.63. The highest BCUT2D eigenvalue weighted by Gasteiger charge is 2.21. The number of aliphatic carboxylic acids is 1. The standard InChI is InChI=1S/C16H16ClN3O4/c1-2-3-12(16(23)24)19-14(21)11-8-18-13(20-15(11)22)9-4-6-10(17)7-5-9/h4-8,12H,2-3H2,1H3,(H,19,21)(H,23,24)(H,18,20,22). The van der Waals surface area contributed by atoms with Crippen LogP contribution in [0, 0.1) is 0 Å². The van der Waals surface area contributed by atoms with Gasteiger partial charge in [0.15, 0.2) is 0 Å². The average Bonchev–Trinajstić information content (AvgIpc) is 2.54. The first kappa shape index (κ1) is 17.7. The molecule has 0 bridgehead atoms. The molecule has 2 rings (SSSR count). The molecule has 1 aromatic heterocycles. The summed E-state index contributed by atoms with van der Waals surface area (Å²) in [5.41, 5.74) is -0.249. The van der Waals surface area contributed by atoms with Crippen LogP contribution in [-0.2, 0) is 4.79 Å². The highest BCUT2D eigenvalue weighted by atomic mass is 35.5. The average molecular weight is 350 g/mol. The Morgan fingerprint density at radius 1 is 1.33 bits per heavy atom. The van der Waals surface area contributed by atoms with E-state index in [-0.39, 0.29) is 17.8 Å². The second-order valence-electron chi connectivity index (χ2n) is 5.13. The monoisotopic (exact) mass is 349 g/mol. The van der Waals surface area contributed by atoms with Gasteiger partial charge in [-0.3, -0.25) is 9.59 Å². The van der Waals surface area contributed by atoms with Gasteiger partial charge in [-0.1, -0.05) is 24.9 Å². The second kappa shape index (κ2) is 7.74. The van der Waals surface area contributed by atoms with Gasteiger partial charge in [-0.15, -0.1) is 0 Å². The lowest BCUT2D eigenvalue weighted by molar-refractivity contribution is -0.139. The van der Waals surface area contributed by atoms with Crippen molar-refractivity contribution in [2.24, 2.45) is 0 Å². The Labute approximate surface area is 142 Å². The molecule has 0 radical (unpaired) electrons. The lowest BCUT2D eigenvalue weighted by atomic mass is 10.1. The molecule has 0 fully saturated rings. The number of hydrogen-bond donors (Lipinski definition) is 3. The van der Waals surface area contributed by atoms with E-state index in [1.165, 1.54) is 0 Å². The first-order valence-corrected chi connectivity index (χ1v) is 7.69. The molecule has 1 heterocycles. The zero-order valence-corrected chi connectivity index (χ0v) is 13.6. The van der Waals surface area contributed by atoms with Crippen molar-refractivity contribution in [3.05, 3.63) is 51.4 Å². The van der Waals surface area contributed by atoms with Crippen molar-refractivity contribution >= 4 is 23.5 Å². The Morgan fingerprint density at radius 2 is 2.00 bits per heavy atom. The first-order chi connectivity index (χ1) is 11.4. The molecule has 1 unspecified atom stereocenters. The van der Waals surface area contributed by atoms with Crippen molar-refractivity contribution in [1.29, 1.82) is 0 Å². The molecule has 0 aliphatic heterocycles. The smallest absolute Gasteiger partial charge is 0.326 e. The van der Waals surface area contributed by atoms with Gasteiger partial charge in [0, 0.05) is 16.8 Å². The van der Waals surface area contributed by atoms with Crippen molar-refractivity contribution in [2.45, 2.75) is 25.8 Å². The Kier molecular flexibility index (Phi) is 5.70. The Bertz CT molecular complexity index is 802. The highest BCUT2D eigenvalue weighted by molar-refractivity contribution is 6.30. The number of halogens is 1. The predicted molar refractivity (Wildman–Crippen MR) is 89.1 cm³/mol. The third-order valence-electron chi connectivity index (χ3n) is 3.34. The van der Waals surface area contributed by atoms with Crippen LogP contribution < -0.4 is 10.9 Å². The number of carboxylic acid groups (broad SMARTS) is 1. The van der Waals surface area contributed by atoms with E-state index in [0.717, 1.165) is 6.20 Å². The largest absolute Gasteiger partial charge is 0.480 e. The van der Waals surface area contributed by atoms with Crippen molar-refractivity contribution in [2.75, 3.05) is 0 Å². The summed E-state index contributed by atoms with van der Waals surface area (Å²) in [7, 11) is 0. The number of carbonyl (C=O) groups is 2. The van der Waals surface area contributed by atoms with Crippen molar-refractivity contribution in [1.82, 2.24) is 15.3 Å². The molecule has 3 N–H and O–H groups in total. The van der Waals surface area contributed by atoms with Crippen LogP contribution in [0.3, 0.4) is 0 Å². The molecule has 2 aromatic rings. The van der Waals surface area contributed by atoms with Crippen LogP contribution in [0.15, 0.2) is 35.3 Å². The van der Waals surface area contributed by atoms with E-state index in [9.17, 15) is 14.4 Å². The summed E-state index contributed by atoms with van der Waals surface area (Å²) in [6.45, 7) is 1.80. The minimum Gasteiger partial charge on any atom is -0.480 e. The molecule has 0 aliphatic carbocycles. The number of benzene rings is 1. The number of aromatic nitrogens is 2. The van der Waals surface area contributed by atoms with Crippen LogP contribution in [-0.4, -0.2) is 33.0 Å².